The van der Waals surface area contributed by atoms with Gasteiger partial charge in [0.05, 0.1) is 17.9 Å². The second-order valence-electron chi connectivity index (χ2n) is 10.6. The largest absolute Gasteiger partial charge is 0.462 e. The predicted molar refractivity (Wildman–Crippen MR) is 155 cm³/mol. The van der Waals surface area contributed by atoms with Crippen molar-refractivity contribution in [1.29, 1.82) is 0 Å². The highest BCUT2D eigenvalue weighted by Crippen LogP contribution is 2.44. The SMILES string of the molecule is CCOC(=O)c1c(NC(=O)CSc2cccc(NC(=O)c3ccc(F)cc3)c2)sc2c1CCC(C(C)(C)C)C2. The molecule has 1 aliphatic carbocycles. The standard InChI is InChI=1S/C30H33FN2O4S2/c1-5-37-29(36)26-23-14-11-19(30(2,3)4)15-24(23)39-28(26)33-25(34)17-38-22-8-6-7-21(16-22)32-27(35)18-9-12-20(31)13-10-18/h6-10,12-13,16,19H,5,11,14-15,17H2,1-4H3,(H,32,35)(H,33,34). The topological polar surface area (TPSA) is 84.5 Å². The van der Waals surface area contributed by atoms with E-state index in [9.17, 15) is 18.8 Å². The number of hydrogen-bond donors (Lipinski definition) is 2. The second-order valence-corrected chi connectivity index (χ2v) is 12.7. The maximum absolute atomic E-state index is 13.1. The normalized spacial score (nSPS) is 14.8. The number of anilines is 2. The van der Waals surface area contributed by atoms with Crippen molar-refractivity contribution in [2.24, 2.45) is 11.3 Å². The summed E-state index contributed by atoms with van der Waals surface area (Å²) in [6.45, 7) is 8.77. The fourth-order valence-electron chi connectivity index (χ4n) is 4.61. The molecule has 2 aromatic carbocycles. The molecule has 0 aliphatic heterocycles. The summed E-state index contributed by atoms with van der Waals surface area (Å²) in [6.07, 6.45) is 2.68. The van der Waals surface area contributed by atoms with E-state index in [2.05, 4.69) is 31.4 Å². The van der Waals surface area contributed by atoms with Crippen LogP contribution in [0, 0.1) is 17.2 Å². The van der Waals surface area contributed by atoms with Gasteiger partial charge < -0.3 is 15.4 Å². The van der Waals surface area contributed by atoms with Gasteiger partial charge in [-0.25, -0.2) is 9.18 Å². The van der Waals surface area contributed by atoms with E-state index in [-0.39, 0.29) is 29.6 Å². The van der Waals surface area contributed by atoms with E-state index in [1.807, 2.05) is 6.07 Å². The van der Waals surface area contributed by atoms with Crippen molar-refractivity contribution in [2.45, 2.75) is 51.9 Å². The first kappa shape index (κ1) is 28.8. The molecule has 0 fully saturated rings. The molecule has 4 rings (SSSR count). The second kappa shape index (κ2) is 12.3. The summed E-state index contributed by atoms with van der Waals surface area (Å²) in [6, 6.07) is 12.5. The van der Waals surface area contributed by atoms with Crippen LogP contribution in [-0.4, -0.2) is 30.1 Å². The van der Waals surface area contributed by atoms with Crippen LogP contribution in [-0.2, 0) is 22.4 Å². The van der Waals surface area contributed by atoms with Crippen LogP contribution >= 0.6 is 23.1 Å². The van der Waals surface area contributed by atoms with Gasteiger partial charge in [0.15, 0.2) is 0 Å². The minimum absolute atomic E-state index is 0.130. The van der Waals surface area contributed by atoms with Crippen LogP contribution in [0.25, 0.3) is 0 Å². The van der Waals surface area contributed by atoms with E-state index in [4.69, 9.17) is 4.74 Å². The third-order valence-corrected chi connectivity index (χ3v) is 8.95. The van der Waals surface area contributed by atoms with Crippen LogP contribution in [0.4, 0.5) is 15.1 Å². The van der Waals surface area contributed by atoms with E-state index in [0.717, 1.165) is 34.6 Å². The minimum Gasteiger partial charge on any atom is -0.462 e. The number of benzene rings is 2. The average molecular weight is 569 g/mol. The number of halogens is 1. The molecule has 1 aliphatic rings. The Labute approximate surface area is 236 Å². The smallest absolute Gasteiger partial charge is 0.341 e. The number of carbonyl (C=O) groups excluding carboxylic acids is 3. The number of rotatable bonds is 8. The lowest BCUT2D eigenvalue weighted by atomic mass is 9.72. The number of esters is 1. The Hall–Kier alpha value is -3.17. The van der Waals surface area contributed by atoms with Crippen molar-refractivity contribution in [1.82, 2.24) is 0 Å². The molecule has 0 bridgehead atoms. The Kier molecular flexibility index (Phi) is 9.12. The van der Waals surface area contributed by atoms with Gasteiger partial charge in [-0.05, 0) is 85.5 Å². The van der Waals surface area contributed by atoms with Crippen LogP contribution in [0.1, 0.15) is 65.3 Å². The number of nitrogens with one attached hydrogen (secondary N) is 2. The van der Waals surface area contributed by atoms with E-state index in [0.29, 0.717) is 27.7 Å². The van der Waals surface area contributed by atoms with Gasteiger partial charge in [0.25, 0.3) is 5.91 Å². The molecule has 6 nitrogen and oxygen atoms in total. The first-order chi connectivity index (χ1) is 18.5. The Bertz CT molecular complexity index is 1360. The van der Waals surface area contributed by atoms with Crippen molar-refractivity contribution >= 4 is 51.6 Å². The molecule has 3 aromatic rings. The molecule has 1 heterocycles. The van der Waals surface area contributed by atoms with Crippen LogP contribution in [0.3, 0.4) is 0 Å². The Morgan fingerprint density at radius 2 is 1.85 bits per heavy atom. The number of thioether (sulfide) groups is 1. The molecule has 2 N–H and O–H groups in total. The van der Waals surface area contributed by atoms with E-state index in [1.165, 1.54) is 47.4 Å². The molecule has 206 valence electrons. The maximum Gasteiger partial charge on any atom is 0.341 e. The molecule has 39 heavy (non-hydrogen) atoms. The molecule has 0 spiro atoms. The molecular formula is C30H33FN2O4S2. The lowest BCUT2D eigenvalue weighted by Crippen LogP contribution is -2.26. The molecule has 1 aromatic heterocycles. The molecule has 0 saturated carbocycles. The number of fused-ring (bicyclic) bond motifs is 1. The lowest BCUT2D eigenvalue weighted by molar-refractivity contribution is -0.113. The molecule has 0 radical (unpaired) electrons. The van der Waals surface area contributed by atoms with Gasteiger partial charge in [-0.2, -0.15) is 0 Å². The molecule has 1 atom stereocenters. The maximum atomic E-state index is 13.1. The van der Waals surface area contributed by atoms with Crippen LogP contribution in [0.5, 0.6) is 0 Å². The third kappa shape index (κ3) is 7.28. The summed E-state index contributed by atoms with van der Waals surface area (Å²) in [5.41, 5.74) is 2.58. The van der Waals surface area contributed by atoms with Gasteiger partial charge in [-0.1, -0.05) is 26.8 Å². The number of ether oxygens (including phenoxy) is 1. The molecule has 1 unspecified atom stereocenters. The Morgan fingerprint density at radius 1 is 1.10 bits per heavy atom. The molecule has 9 heteroatoms. The highest BCUT2D eigenvalue weighted by Gasteiger charge is 2.34. The fraction of sp³-hybridized carbons (Fsp3) is 0.367. The van der Waals surface area contributed by atoms with Crippen molar-refractivity contribution in [3.8, 4) is 0 Å². The summed E-state index contributed by atoms with van der Waals surface area (Å²) in [4.78, 5) is 40.2. The zero-order valence-electron chi connectivity index (χ0n) is 22.6. The van der Waals surface area contributed by atoms with E-state index < -0.39 is 11.8 Å². The minimum atomic E-state index is -0.408. The summed E-state index contributed by atoms with van der Waals surface area (Å²) in [5, 5.41) is 6.31. The zero-order chi connectivity index (χ0) is 28.2. The highest BCUT2D eigenvalue weighted by atomic mass is 32.2. The van der Waals surface area contributed by atoms with E-state index >= 15 is 0 Å². The quantitative estimate of drug-likeness (QED) is 0.222. The summed E-state index contributed by atoms with van der Waals surface area (Å²) in [7, 11) is 0. The average Bonchev–Trinajstić information content (AvgIpc) is 3.24. The molecular weight excluding hydrogens is 535 g/mol. The third-order valence-electron chi connectivity index (χ3n) is 6.79. The van der Waals surface area contributed by atoms with Gasteiger partial charge in [-0.15, -0.1) is 23.1 Å². The lowest BCUT2D eigenvalue weighted by Gasteiger charge is -2.33. The first-order valence-corrected chi connectivity index (χ1v) is 14.8. The van der Waals surface area contributed by atoms with Crippen molar-refractivity contribution < 1.29 is 23.5 Å². The predicted octanol–water partition coefficient (Wildman–Crippen LogP) is 7.20. The highest BCUT2D eigenvalue weighted by molar-refractivity contribution is 8.00. The fourth-order valence-corrected chi connectivity index (χ4v) is 6.70. The summed E-state index contributed by atoms with van der Waals surface area (Å²) < 4.78 is 18.5. The number of hydrogen-bond acceptors (Lipinski definition) is 6. The van der Waals surface area contributed by atoms with Crippen molar-refractivity contribution in [3.05, 3.63) is 75.9 Å². The molecule has 0 saturated heterocycles. The monoisotopic (exact) mass is 568 g/mol. The van der Waals surface area contributed by atoms with Crippen LogP contribution in [0.2, 0.25) is 0 Å². The number of amides is 2. The van der Waals surface area contributed by atoms with Gasteiger partial charge in [-0.3, -0.25) is 9.59 Å². The number of carbonyl (C=O) groups is 3. The van der Waals surface area contributed by atoms with Gasteiger partial charge in [0.1, 0.15) is 10.8 Å². The Morgan fingerprint density at radius 3 is 2.54 bits per heavy atom. The van der Waals surface area contributed by atoms with Crippen LogP contribution in [0.15, 0.2) is 53.4 Å². The first-order valence-electron chi connectivity index (χ1n) is 13.0. The van der Waals surface area contributed by atoms with E-state index in [1.54, 1.807) is 25.1 Å². The van der Waals surface area contributed by atoms with Gasteiger partial charge >= 0.3 is 5.97 Å². The summed E-state index contributed by atoms with van der Waals surface area (Å²) >= 11 is 2.81. The van der Waals surface area contributed by atoms with Gasteiger partial charge in [0.2, 0.25) is 5.91 Å². The zero-order valence-corrected chi connectivity index (χ0v) is 24.2. The van der Waals surface area contributed by atoms with Crippen molar-refractivity contribution in [3.63, 3.8) is 0 Å². The Balaban J connectivity index is 1.42. The van der Waals surface area contributed by atoms with Gasteiger partial charge in [0, 0.05) is 21.0 Å². The van der Waals surface area contributed by atoms with Crippen molar-refractivity contribution in [2.75, 3.05) is 23.0 Å². The number of thiophene rings is 1. The molecule has 2 amide bonds. The summed E-state index contributed by atoms with van der Waals surface area (Å²) in [5.74, 6) is -0.737. The van der Waals surface area contributed by atoms with Crippen LogP contribution < -0.4 is 10.6 Å².